The molecule has 1 aromatic carbocycles. The van der Waals surface area contributed by atoms with E-state index in [2.05, 4.69) is 11.9 Å². The summed E-state index contributed by atoms with van der Waals surface area (Å²) in [5, 5.41) is 14.4. The Kier molecular flexibility index (Phi) is 4.18. The normalized spacial score (nSPS) is 17.8. The van der Waals surface area contributed by atoms with E-state index in [-0.39, 0.29) is 33.9 Å². The summed E-state index contributed by atoms with van der Waals surface area (Å²) in [6, 6.07) is 2.60. The number of carbonyl (C=O) groups is 1. The maximum Gasteiger partial charge on any atom is 0.294 e. The number of nitrogens with zero attached hydrogens (tertiary/aromatic N) is 2. The van der Waals surface area contributed by atoms with Crippen molar-refractivity contribution in [1.29, 1.82) is 0 Å². The largest absolute Gasteiger partial charge is 0.375 e. The van der Waals surface area contributed by atoms with Gasteiger partial charge in [-0.25, -0.2) is 0 Å². The number of nitro benzene ring substituents is 1. The molecule has 21 heavy (non-hydrogen) atoms. The number of hydrogen-bond donors (Lipinski definition) is 1. The molecule has 1 N–H and O–H groups in total. The molecule has 0 aromatic heterocycles. The van der Waals surface area contributed by atoms with Crippen molar-refractivity contribution in [1.82, 2.24) is 4.90 Å². The molecular formula is C14H16ClN3O3. The van der Waals surface area contributed by atoms with Crippen molar-refractivity contribution >= 4 is 28.9 Å². The lowest BCUT2D eigenvalue weighted by Crippen LogP contribution is -2.37. The second kappa shape index (κ2) is 5.73. The van der Waals surface area contributed by atoms with Crippen LogP contribution in [0.5, 0.6) is 0 Å². The maximum absolute atomic E-state index is 12.6. The van der Waals surface area contributed by atoms with Crippen LogP contribution in [0.1, 0.15) is 24.2 Å². The monoisotopic (exact) mass is 309 g/mol. The minimum Gasteiger partial charge on any atom is -0.375 e. The molecule has 1 heterocycles. The molecule has 6 nitrogen and oxygen atoms in total. The van der Waals surface area contributed by atoms with Gasteiger partial charge >= 0.3 is 0 Å². The van der Waals surface area contributed by atoms with Crippen LogP contribution in [0.25, 0.3) is 0 Å². The fourth-order valence-corrected chi connectivity index (χ4v) is 2.61. The molecule has 0 aliphatic carbocycles. The van der Waals surface area contributed by atoms with Crippen LogP contribution in [0.4, 0.5) is 11.4 Å². The van der Waals surface area contributed by atoms with Crippen LogP contribution in [0.3, 0.4) is 0 Å². The Bertz CT molecular complexity index is 630. The van der Waals surface area contributed by atoms with Crippen molar-refractivity contribution in [2.24, 2.45) is 0 Å². The van der Waals surface area contributed by atoms with Crippen LogP contribution >= 0.6 is 11.6 Å². The number of benzene rings is 1. The molecule has 0 fully saturated rings. The van der Waals surface area contributed by atoms with Crippen molar-refractivity contribution in [3.8, 4) is 0 Å². The average Bonchev–Trinajstić information content (AvgIpc) is 2.47. The Labute approximate surface area is 127 Å². The van der Waals surface area contributed by atoms with Gasteiger partial charge in [0, 0.05) is 30.2 Å². The molecule has 0 radical (unpaired) electrons. The predicted molar refractivity (Wildman–Crippen MR) is 81.9 cm³/mol. The highest BCUT2D eigenvalue weighted by atomic mass is 35.5. The second-order valence-electron chi connectivity index (χ2n) is 5.29. The summed E-state index contributed by atoms with van der Waals surface area (Å²) in [6.45, 7) is 8.36. The summed E-state index contributed by atoms with van der Waals surface area (Å²) >= 11 is 5.91. The third kappa shape index (κ3) is 3.16. The number of anilines is 1. The van der Waals surface area contributed by atoms with Crippen LogP contribution in [0.15, 0.2) is 24.3 Å². The fraction of sp³-hybridized carbons (Fsp3) is 0.357. The first-order valence-corrected chi connectivity index (χ1v) is 6.85. The lowest BCUT2D eigenvalue weighted by molar-refractivity contribution is -0.384. The number of hydrogen-bond acceptors (Lipinski definition) is 4. The highest BCUT2D eigenvalue weighted by molar-refractivity contribution is 6.31. The van der Waals surface area contributed by atoms with Crippen molar-refractivity contribution in [2.45, 2.75) is 19.9 Å². The van der Waals surface area contributed by atoms with E-state index in [0.717, 1.165) is 5.57 Å². The van der Waals surface area contributed by atoms with E-state index in [4.69, 9.17) is 11.6 Å². The maximum atomic E-state index is 12.6. The minimum absolute atomic E-state index is 0.116. The highest BCUT2D eigenvalue weighted by Crippen LogP contribution is 2.35. The van der Waals surface area contributed by atoms with Gasteiger partial charge in [0.1, 0.15) is 5.69 Å². The molecule has 0 saturated carbocycles. The molecule has 0 saturated heterocycles. The number of halogens is 1. The molecule has 1 aromatic rings. The van der Waals surface area contributed by atoms with Gasteiger partial charge in [-0.15, -0.1) is 0 Å². The third-order valence-corrected chi connectivity index (χ3v) is 3.36. The zero-order chi connectivity index (χ0) is 15.7. The van der Waals surface area contributed by atoms with Gasteiger partial charge in [-0.1, -0.05) is 23.8 Å². The van der Waals surface area contributed by atoms with E-state index in [9.17, 15) is 14.9 Å². The first kappa shape index (κ1) is 15.3. The second-order valence-corrected chi connectivity index (χ2v) is 5.73. The van der Waals surface area contributed by atoms with Crippen LogP contribution in [0.2, 0.25) is 5.02 Å². The van der Waals surface area contributed by atoms with Crippen LogP contribution < -0.4 is 5.32 Å². The Morgan fingerprint density at radius 2 is 2.29 bits per heavy atom. The van der Waals surface area contributed by atoms with Crippen molar-refractivity contribution < 1.29 is 9.72 Å². The number of rotatable bonds is 3. The molecule has 1 aliphatic rings. The quantitative estimate of drug-likeness (QED) is 0.529. The Balaban J connectivity index is 2.57. The zero-order valence-electron chi connectivity index (χ0n) is 11.9. The van der Waals surface area contributed by atoms with E-state index in [0.29, 0.717) is 13.1 Å². The summed E-state index contributed by atoms with van der Waals surface area (Å²) in [7, 11) is 0. The minimum atomic E-state index is -0.536. The SMILES string of the molecule is C=C(C)CN1C[C@H](C)Nc2c(cc(Cl)cc2[N+](=O)[O-])C1=O. The van der Waals surface area contributed by atoms with Crippen LogP contribution in [-0.4, -0.2) is 34.9 Å². The van der Waals surface area contributed by atoms with Crippen molar-refractivity contribution in [3.05, 3.63) is 45.0 Å². The third-order valence-electron chi connectivity index (χ3n) is 3.14. The Hall–Kier alpha value is -2.08. The summed E-state index contributed by atoms with van der Waals surface area (Å²) < 4.78 is 0. The molecule has 1 amide bonds. The number of nitro groups is 1. The van der Waals surface area contributed by atoms with Gasteiger partial charge in [0.05, 0.1) is 10.5 Å². The van der Waals surface area contributed by atoms with Gasteiger partial charge in [0.25, 0.3) is 11.6 Å². The molecule has 1 aliphatic heterocycles. The van der Waals surface area contributed by atoms with Gasteiger partial charge in [0.15, 0.2) is 0 Å². The number of fused-ring (bicyclic) bond motifs is 1. The lowest BCUT2D eigenvalue weighted by Gasteiger charge is -2.22. The summed E-state index contributed by atoms with van der Waals surface area (Å²) in [5.41, 5.74) is 1.11. The van der Waals surface area contributed by atoms with E-state index in [1.54, 1.807) is 4.90 Å². The smallest absolute Gasteiger partial charge is 0.294 e. The van der Waals surface area contributed by atoms with Crippen LogP contribution in [0, 0.1) is 10.1 Å². The summed E-state index contributed by atoms with van der Waals surface area (Å²) in [6.07, 6.45) is 0. The molecule has 0 bridgehead atoms. The average molecular weight is 310 g/mol. The molecule has 112 valence electrons. The molecule has 1 atom stereocenters. The molecule has 0 unspecified atom stereocenters. The van der Waals surface area contributed by atoms with Gasteiger partial charge in [-0.2, -0.15) is 0 Å². The highest BCUT2D eigenvalue weighted by Gasteiger charge is 2.31. The molecular weight excluding hydrogens is 294 g/mol. The number of amides is 1. The molecule has 7 heteroatoms. The predicted octanol–water partition coefficient (Wildman–Crippen LogP) is 3.08. The Morgan fingerprint density at radius 1 is 1.62 bits per heavy atom. The fourth-order valence-electron chi connectivity index (χ4n) is 2.39. The number of nitrogens with one attached hydrogen (secondary N) is 1. The van der Waals surface area contributed by atoms with E-state index < -0.39 is 4.92 Å². The standard InChI is InChI=1S/C14H16ClN3O3/c1-8(2)6-17-7-9(3)16-13-11(14(17)19)4-10(15)5-12(13)18(20)21/h4-5,9,16H,1,6-7H2,2-3H3/t9-/m0/s1. The first-order valence-electron chi connectivity index (χ1n) is 6.47. The molecule has 0 spiro atoms. The van der Waals surface area contributed by atoms with E-state index in [1.165, 1.54) is 12.1 Å². The van der Waals surface area contributed by atoms with Crippen molar-refractivity contribution in [3.63, 3.8) is 0 Å². The summed E-state index contributed by atoms with van der Waals surface area (Å²) in [4.78, 5) is 24.9. The molecule has 2 rings (SSSR count). The summed E-state index contributed by atoms with van der Waals surface area (Å²) in [5.74, 6) is -0.282. The van der Waals surface area contributed by atoms with Gasteiger partial charge in [-0.3, -0.25) is 14.9 Å². The van der Waals surface area contributed by atoms with E-state index in [1.807, 2.05) is 13.8 Å². The van der Waals surface area contributed by atoms with Crippen LogP contribution in [-0.2, 0) is 0 Å². The van der Waals surface area contributed by atoms with Gasteiger partial charge < -0.3 is 10.2 Å². The van der Waals surface area contributed by atoms with Gasteiger partial charge in [0.2, 0.25) is 0 Å². The number of carbonyl (C=O) groups excluding carboxylic acids is 1. The van der Waals surface area contributed by atoms with Gasteiger partial charge in [-0.05, 0) is 19.9 Å². The zero-order valence-corrected chi connectivity index (χ0v) is 12.6. The Morgan fingerprint density at radius 3 is 2.86 bits per heavy atom. The topological polar surface area (TPSA) is 75.5 Å². The van der Waals surface area contributed by atoms with Crippen molar-refractivity contribution in [2.75, 3.05) is 18.4 Å². The first-order chi connectivity index (χ1) is 9.79. The van der Waals surface area contributed by atoms with E-state index >= 15 is 0 Å². The lowest BCUT2D eigenvalue weighted by atomic mass is 10.1.